The van der Waals surface area contributed by atoms with E-state index < -0.39 is 5.91 Å². The number of carbonyl (C=O) groups excluding carboxylic acids is 1. The van der Waals surface area contributed by atoms with Crippen LogP contribution in [0, 0.1) is 0 Å². The molecule has 1 N–H and O–H groups in total. The number of hydrogen-bond donors (Lipinski definition) is 1. The van der Waals surface area contributed by atoms with E-state index in [2.05, 4.69) is 20.5 Å². The van der Waals surface area contributed by atoms with Crippen molar-refractivity contribution < 1.29 is 13.9 Å². The molecule has 28 heavy (non-hydrogen) atoms. The van der Waals surface area contributed by atoms with Gasteiger partial charge in [0.25, 0.3) is 17.4 Å². The molecule has 0 aliphatic heterocycles. The summed E-state index contributed by atoms with van der Waals surface area (Å²) in [6, 6.07) is 13.7. The molecular weight excluding hydrogens is 362 g/mol. The molecule has 0 aliphatic rings. The van der Waals surface area contributed by atoms with Crippen molar-refractivity contribution in [3.05, 3.63) is 64.4 Å². The second kappa shape index (κ2) is 6.95. The van der Waals surface area contributed by atoms with Crippen molar-refractivity contribution in [1.82, 2.24) is 19.7 Å². The molecule has 0 bridgehead atoms. The third-order valence-electron chi connectivity index (χ3n) is 4.16. The van der Waals surface area contributed by atoms with Crippen LogP contribution in [-0.2, 0) is 7.05 Å². The highest BCUT2D eigenvalue weighted by Gasteiger charge is 2.18. The minimum Gasteiger partial charge on any atom is -0.497 e. The Kier molecular flexibility index (Phi) is 4.32. The molecule has 2 aromatic heterocycles. The number of aromatic nitrogens is 4. The highest BCUT2D eigenvalue weighted by molar-refractivity contribution is 6.03. The zero-order chi connectivity index (χ0) is 19.7. The largest absolute Gasteiger partial charge is 0.497 e. The van der Waals surface area contributed by atoms with Crippen molar-refractivity contribution in [2.24, 2.45) is 7.05 Å². The van der Waals surface area contributed by atoms with Gasteiger partial charge in [-0.2, -0.15) is 0 Å². The van der Waals surface area contributed by atoms with E-state index in [-0.39, 0.29) is 23.2 Å². The highest BCUT2D eigenvalue weighted by atomic mass is 16.5. The molecule has 140 valence electrons. The Morgan fingerprint density at radius 3 is 2.79 bits per heavy atom. The third kappa shape index (κ3) is 3.09. The third-order valence-corrected chi connectivity index (χ3v) is 4.16. The van der Waals surface area contributed by atoms with Gasteiger partial charge >= 0.3 is 6.01 Å². The summed E-state index contributed by atoms with van der Waals surface area (Å²) in [6.45, 7) is 0. The van der Waals surface area contributed by atoms with Gasteiger partial charge in [0.1, 0.15) is 5.75 Å². The highest BCUT2D eigenvalue weighted by Crippen LogP contribution is 2.19. The first-order valence-corrected chi connectivity index (χ1v) is 8.32. The van der Waals surface area contributed by atoms with Gasteiger partial charge in [0, 0.05) is 12.6 Å². The zero-order valence-corrected chi connectivity index (χ0v) is 15.0. The van der Waals surface area contributed by atoms with E-state index in [4.69, 9.17) is 9.15 Å². The van der Waals surface area contributed by atoms with Gasteiger partial charge in [-0.3, -0.25) is 14.9 Å². The lowest BCUT2D eigenvalue weighted by Crippen LogP contribution is -2.20. The summed E-state index contributed by atoms with van der Waals surface area (Å²) in [5.74, 6) is 0.0171. The number of anilines is 1. The maximum Gasteiger partial charge on any atom is 0.322 e. The van der Waals surface area contributed by atoms with Gasteiger partial charge in [-0.25, -0.2) is 4.98 Å². The molecule has 0 fully saturated rings. The Morgan fingerprint density at radius 1 is 1.14 bits per heavy atom. The van der Waals surface area contributed by atoms with Gasteiger partial charge in [-0.1, -0.05) is 23.3 Å². The molecule has 0 saturated heterocycles. The van der Waals surface area contributed by atoms with Crippen molar-refractivity contribution in [2.45, 2.75) is 0 Å². The van der Waals surface area contributed by atoms with Gasteiger partial charge in [0.05, 0.1) is 18.1 Å². The van der Waals surface area contributed by atoms with E-state index in [9.17, 15) is 9.59 Å². The van der Waals surface area contributed by atoms with Gasteiger partial charge < -0.3 is 13.7 Å². The van der Waals surface area contributed by atoms with E-state index in [0.29, 0.717) is 22.3 Å². The van der Waals surface area contributed by atoms with Crippen LogP contribution in [0.3, 0.4) is 0 Å². The van der Waals surface area contributed by atoms with E-state index in [0.717, 1.165) is 0 Å². The molecule has 2 aromatic carbocycles. The van der Waals surface area contributed by atoms with E-state index in [1.54, 1.807) is 43.4 Å². The first-order chi connectivity index (χ1) is 13.6. The minimum atomic E-state index is -0.450. The number of methoxy groups -OCH3 is 1. The first kappa shape index (κ1) is 17.4. The van der Waals surface area contributed by atoms with Crippen LogP contribution in [0.1, 0.15) is 10.4 Å². The lowest BCUT2D eigenvalue weighted by atomic mass is 10.2. The lowest BCUT2D eigenvalue weighted by molar-refractivity contribution is 0.102. The number of amides is 1. The standard InChI is InChI=1S/C19H15N5O4/c1-24-14-9-4-3-8-13(14)20-15(18(24)26)17-22-23-19(28-17)21-16(25)11-6-5-7-12(10-11)27-2/h3-10H,1-2H3,(H,21,23,25). The van der Waals surface area contributed by atoms with Crippen molar-refractivity contribution >= 4 is 23.0 Å². The van der Waals surface area contributed by atoms with E-state index in [1.807, 2.05) is 12.1 Å². The summed E-state index contributed by atoms with van der Waals surface area (Å²) in [7, 11) is 3.15. The molecule has 0 saturated carbocycles. The number of aryl methyl sites for hydroxylation is 1. The molecule has 4 rings (SSSR count). The predicted octanol–water partition coefficient (Wildman–Crippen LogP) is 2.24. The van der Waals surface area contributed by atoms with Gasteiger partial charge in [-0.15, -0.1) is 5.10 Å². The molecule has 0 aliphatic carbocycles. The Morgan fingerprint density at radius 2 is 1.96 bits per heavy atom. The Balaban J connectivity index is 1.65. The molecule has 0 radical (unpaired) electrons. The predicted molar refractivity (Wildman–Crippen MR) is 101 cm³/mol. The number of ether oxygens (including phenoxy) is 1. The molecule has 9 heteroatoms. The summed E-state index contributed by atoms with van der Waals surface area (Å²) in [5, 5.41) is 10.1. The summed E-state index contributed by atoms with van der Waals surface area (Å²) >= 11 is 0. The number of benzene rings is 2. The number of fused-ring (bicyclic) bond motifs is 1. The average Bonchev–Trinajstić information content (AvgIpc) is 3.19. The first-order valence-electron chi connectivity index (χ1n) is 8.32. The smallest absolute Gasteiger partial charge is 0.322 e. The van der Waals surface area contributed by atoms with E-state index >= 15 is 0 Å². The zero-order valence-electron chi connectivity index (χ0n) is 15.0. The second-order valence-electron chi connectivity index (χ2n) is 5.91. The van der Waals surface area contributed by atoms with Crippen LogP contribution >= 0.6 is 0 Å². The van der Waals surface area contributed by atoms with Crippen LogP contribution in [0.25, 0.3) is 22.6 Å². The van der Waals surface area contributed by atoms with E-state index in [1.165, 1.54) is 11.7 Å². The van der Waals surface area contributed by atoms with Crippen molar-refractivity contribution in [3.8, 4) is 17.3 Å². The van der Waals surface area contributed by atoms with Crippen LogP contribution in [0.2, 0.25) is 0 Å². The van der Waals surface area contributed by atoms with Crippen molar-refractivity contribution in [2.75, 3.05) is 12.4 Å². The number of nitrogens with zero attached hydrogens (tertiary/aromatic N) is 4. The molecule has 9 nitrogen and oxygen atoms in total. The monoisotopic (exact) mass is 377 g/mol. The van der Waals surface area contributed by atoms with Crippen molar-refractivity contribution in [1.29, 1.82) is 0 Å². The summed E-state index contributed by atoms with van der Waals surface area (Å²) in [5.41, 5.74) is 1.28. The average molecular weight is 377 g/mol. The maximum atomic E-state index is 12.6. The topological polar surface area (TPSA) is 112 Å². The van der Waals surface area contributed by atoms with Crippen LogP contribution in [-0.4, -0.2) is 32.8 Å². The summed E-state index contributed by atoms with van der Waals surface area (Å²) < 4.78 is 12.0. The molecule has 0 unspecified atom stereocenters. The lowest BCUT2D eigenvalue weighted by Gasteiger charge is -2.05. The van der Waals surface area contributed by atoms with Gasteiger partial charge in [0.2, 0.25) is 0 Å². The minimum absolute atomic E-state index is 0.00980. The fourth-order valence-electron chi connectivity index (χ4n) is 2.72. The number of hydrogen-bond acceptors (Lipinski definition) is 7. The Bertz CT molecular complexity index is 1240. The Labute approximate surface area is 158 Å². The number of carbonyl (C=O) groups is 1. The number of para-hydroxylation sites is 2. The number of rotatable bonds is 4. The van der Waals surface area contributed by atoms with Crippen LogP contribution < -0.4 is 15.6 Å². The van der Waals surface area contributed by atoms with Crippen molar-refractivity contribution in [3.63, 3.8) is 0 Å². The maximum absolute atomic E-state index is 12.6. The fraction of sp³-hybridized carbons (Fsp3) is 0.105. The number of nitrogens with one attached hydrogen (secondary N) is 1. The molecule has 1 amide bonds. The van der Waals surface area contributed by atoms with Crippen LogP contribution in [0.5, 0.6) is 5.75 Å². The van der Waals surface area contributed by atoms with Gasteiger partial charge in [-0.05, 0) is 30.3 Å². The SMILES string of the molecule is COc1cccc(C(=O)Nc2nnc(-c3nc4ccccc4n(C)c3=O)o2)c1. The molecule has 0 atom stereocenters. The second-order valence-corrected chi connectivity index (χ2v) is 5.91. The molecule has 4 aromatic rings. The molecule has 2 heterocycles. The van der Waals surface area contributed by atoms with Gasteiger partial charge in [0.15, 0.2) is 5.69 Å². The summed E-state index contributed by atoms with van der Waals surface area (Å²) in [6.07, 6.45) is 0. The van der Waals surface area contributed by atoms with Crippen LogP contribution in [0.4, 0.5) is 6.01 Å². The molecular formula is C19H15N5O4. The van der Waals surface area contributed by atoms with Crippen LogP contribution in [0.15, 0.2) is 57.7 Å². The molecule has 0 spiro atoms. The normalized spacial score (nSPS) is 10.8. The quantitative estimate of drug-likeness (QED) is 0.580. The fourth-order valence-corrected chi connectivity index (χ4v) is 2.72. The summed E-state index contributed by atoms with van der Waals surface area (Å²) in [4.78, 5) is 29.2. The Hall–Kier alpha value is -4.01.